The van der Waals surface area contributed by atoms with Crippen LogP contribution in [0.2, 0.25) is 0 Å². The maximum absolute atomic E-state index is 14.0. The minimum atomic E-state index is -4.16. The van der Waals surface area contributed by atoms with E-state index in [-0.39, 0.29) is 69.8 Å². The molecule has 4 aromatic carbocycles. The number of benzene rings is 4. The van der Waals surface area contributed by atoms with Crippen molar-refractivity contribution in [3.63, 3.8) is 0 Å². The van der Waals surface area contributed by atoms with Gasteiger partial charge in [0.05, 0.1) is 67.8 Å². The lowest BCUT2D eigenvalue weighted by Crippen LogP contribution is -2.52. The fraction of sp³-hybridized carbons (Fsp3) is 0.525. The molecule has 0 aromatic heterocycles. The number of alkyl carbamates (subject to hydrolysis) is 2. The summed E-state index contributed by atoms with van der Waals surface area (Å²) >= 11 is 0. The molecule has 4 unspecified atom stereocenters. The van der Waals surface area contributed by atoms with Crippen molar-refractivity contribution in [2.45, 2.75) is 115 Å². The zero-order valence-electron chi connectivity index (χ0n) is 47.3. The summed E-state index contributed by atoms with van der Waals surface area (Å²) in [5.74, 6) is 2.46. The van der Waals surface area contributed by atoms with Crippen molar-refractivity contribution in [2.24, 2.45) is 10.8 Å². The number of fused-ring (bicyclic) bond motifs is 2. The van der Waals surface area contributed by atoms with Crippen LogP contribution in [0.5, 0.6) is 23.0 Å². The Morgan fingerprint density at radius 3 is 1.62 bits per heavy atom. The van der Waals surface area contributed by atoms with E-state index < -0.39 is 64.1 Å². The number of sulfonamides is 1. The molecule has 0 radical (unpaired) electrons. The summed E-state index contributed by atoms with van der Waals surface area (Å²) < 4.78 is 81.6. The van der Waals surface area contributed by atoms with Gasteiger partial charge >= 0.3 is 12.2 Å². The second-order valence-corrected chi connectivity index (χ2v) is 23.7. The molecule has 82 heavy (non-hydrogen) atoms. The summed E-state index contributed by atoms with van der Waals surface area (Å²) in [4.78, 5) is 25.2. The molecule has 0 bridgehead atoms. The number of amides is 2. The molecular weight excluding hydrogens is 1080 g/mol. The SMILES string of the molecule is CC(C)(CCC#N)CN(CC(O)C(Cc1ccccc1)NC(=O)OC1COCOC1)S(=O)(=O)c1ccc2c(c1)OCO2.CC(C)(CCC#N)CNCC(O)C(Cc1ccccc1)NC(=O)OC1COCOC1.Cc1ccc2c(c1)OCO2. The van der Waals surface area contributed by atoms with Crippen LogP contribution in [0.1, 0.15) is 70.1 Å². The number of carbonyl (C=O) groups excluding carboxylic acids is 2. The van der Waals surface area contributed by atoms with E-state index in [2.05, 4.69) is 41.9 Å². The summed E-state index contributed by atoms with van der Waals surface area (Å²) in [6, 6.07) is 32.0. The van der Waals surface area contributed by atoms with Crippen molar-refractivity contribution < 1.29 is 75.6 Å². The highest BCUT2D eigenvalue weighted by Crippen LogP contribution is 2.36. The predicted molar refractivity (Wildman–Crippen MR) is 299 cm³/mol. The first-order chi connectivity index (χ1) is 39.3. The van der Waals surface area contributed by atoms with Gasteiger partial charge in [0.15, 0.2) is 35.2 Å². The Bertz CT molecular complexity index is 2810. The number of nitrogens with one attached hydrogen (secondary N) is 3. The van der Waals surface area contributed by atoms with E-state index in [1.165, 1.54) is 28.1 Å². The van der Waals surface area contributed by atoms with Crippen LogP contribution in [-0.2, 0) is 51.3 Å². The molecule has 22 nitrogen and oxygen atoms in total. The fourth-order valence-electron chi connectivity index (χ4n) is 8.95. The molecular formula is C59H78N6O16S. The molecule has 5 N–H and O–H groups in total. The number of aliphatic hydroxyl groups is 2. The zero-order chi connectivity index (χ0) is 59.0. The molecule has 23 heteroatoms. The van der Waals surface area contributed by atoms with Crippen LogP contribution in [-0.4, -0.2) is 151 Å². The Hall–Kier alpha value is -6.77. The lowest BCUT2D eigenvalue weighted by Gasteiger charge is -2.35. The second kappa shape index (κ2) is 32.2. The first-order valence-electron chi connectivity index (χ1n) is 27.2. The second-order valence-electron chi connectivity index (χ2n) is 21.7. The maximum Gasteiger partial charge on any atom is 0.407 e. The Morgan fingerprint density at radius 1 is 0.646 bits per heavy atom. The van der Waals surface area contributed by atoms with Gasteiger partial charge in [-0.1, -0.05) is 94.4 Å². The van der Waals surface area contributed by atoms with Crippen LogP contribution < -0.4 is 34.9 Å². The standard InChI is InChI=1S/C29H37N3O9S.C22H33N3O5.C8H8O2/c1-29(2,11-6-12-30)18-32(42(35,36)23-9-10-26-27(14-23)40-20-39-26)15-25(33)24(13-21-7-4-3-5-8-21)31-28(34)41-22-16-37-19-38-17-22;1-22(2,9-6-10-23)15-24-12-20(26)19(11-17-7-4-3-5-8-17)25-21(27)30-18-13-28-16-29-14-18;1-6-2-3-7-8(4-6)10-5-9-7/h3-5,7-10,14,22,24-25,33H,6,11,13,15-20H2,1-2H3,(H,31,34);3-5,7-8,18-20,24,26H,6,9,11-16H2,1-2H3,(H,25,27);2-4H,5H2,1H3. The lowest BCUT2D eigenvalue weighted by atomic mass is 9.88. The predicted octanol–water partition coefficient (Wildman–Crippen LogP) is 6.51. The van der Waals surface area contributed by atoms with Crippen molar-refractivity contribution in [3.8, 4) is 35.1 Å². The average molecular weight is 1160 g/mol. The third-order valence-corrected chi connectivity index (χ3v) is 15.3. The van der Waals surface area contributed by atoms with E-state index in [9.17, 15) is 28.2 Å². The summed E-state index contributed by atoms with van der Waals surface area (Å²) in [5.41, 5.74) is 2.37. The van der Waals surface area contributed by atoms with Crippen LogP contribution in [0.25, 0.3) is 0 Å². The molecule has 4 aliphatic rings. The monoisotopic (exact) mass is 1160 g/mol. The minimum absolute atomic E-state index is 0.00943. The van der Waals surface area contributed by atoms with E-state index in [0.717, 1.165) is 29.0 Å². The summed E-state index contributed by atoms with van der Waals surface area (Å²) in [6.07, 6.45) is -1.98. The average Bonchev–Trinajstić information content (AvgIpc) is 4.30. The highest BCUT2D eigenvalue weighted by molar-refractivity contribution is 7.89. The van der Waals surface area contributed by atoms with Crippen molar-refractivity contribution >= 4 is 22.2 Å². The third-order valence-electron chi connectivity index (χ3n) is 13.5. The van der Waals surface area contributed by atoms with E-state index in [1.54, 1.807) is 0 Å². The van der Waals surface area contributed by atoms with Crippen LogP contribution >= 0.6 is 0 Å². The molecule has 8 rings (SSSR count). The smallest absolute Gasteiger partial charge is 0.407 e. The van der Waals surface area contributed by atoms with Gasteiger partial charge in [-0.15, -0.1) is 0 Å². The molecule has 0 saturated carbocycles. The molecule has 0 spiro atoms. The number of hydrogen-bond donors (Lipinski definition) is 5. The highest BCUT2D eigenvalue weighted by atomic mass is 32.2. The molecule has 4 heterocycles. The molecule has 4 aliphatic heterocycles. The number of ether oxygens (including phenoxy) is 10. The summed E-state index contributed by atoms with van der Waals surface area (Å²) in [7, 11) is -4.16. The number of hydrogen-bond acceptors (Lipinski definition) is 19. The van der Waals surface area contributed by atoms with Crippen molar-refractivity contribution in [1.82, 2.24) is 20.3 Å². The largest absolute Gasteiger partial charge is 0.454 e. The molecule has 0 aliphatic carbocycles. The summed E-state index contributed by atoms with van der Waals surface area (Å²) in [5, 5.41) is 49.0. The number of aliphatic hydroxyl groups excluding tert-OH is 2. The van der Waals surface area contributed by atoms with Crippen LogP contribution in [0.15, 0.2) is 102 Å². The van der Waals surface area contributed by atoms with E-state index in [0.29, 0.717) is 63.9 Å². The number of rotatable bonds is 24. The van der Waals surface area contributed by atoms with E-state index in [1.807, 2.05) is 99.6 Å². The molecule has 2 saturated heterocycles. The van der Waals surface area contributed by atoms with Crippen LogP contribution in [0, 0.1) is 40.4 Å². The minimum Gasteiger partial charge on any atom is -0.454 e. The lowest BCUT2D eigenvalue weighted by molar-refractivity contribution is -0.151. The molecule has 2 amide bonds. The summed E-state index contributed by atoms with van der Waals surface area (Å²) in [6.45, 7) is 12.2. The van der Waals surface area contributed by atoms with Gasteiger partial charge in [0.1, 0.15) is 13.6 Å². The molecule has 4 aromatic rings. The number of carbonyl (C=O) groups is 2. The highest BCUT2D eigenvalue weighted by Gasteiger charge is 2.36. The zero-order valence-corrected chi connectivity index (χ0v) is 48.1. The molecule has 2 fully saturated rings. The topological polar surface area (TPSA) is 288 Å². The van der Waals surface area contributed by atoms with Crippen molar-refractivity contribution in [2.75, 3.05) is 79.8 Å². The van der Waals surface area contributed by atoms with E-state index in [4.69, 9.17) is 57.9 Å². The van der Waals surface area contributed by atoms with Crippen molar-refractivity contribution in [3.05, 3.63) is 114 Å². The number of nitrogens with zero attached hydrogens (tertiary/aromatic N) is 3. The number of aryl methyl sites for hydroxylation is 1. The van der Waals surface area contributed by atoms with Crippen LogP contribution in [0.4, 0.5) is 9.59 Å². The Balaban J connectivity index is 0.000000233. The maximum atomic E-state index is 14.0. The van der Waals surface area contributed by atoms with Gasteiger partial charge in [-0.3, -0.25) is 0 Å². The Morgan fingerprint density at radius 2 is 1.11 bits per heavy atom. The number of nitriles is 2. The van der Waals surface area contributed by atoms with Gasteiger partial charge in [0.25, 0.3) is 0 Å². The van der Waals surface area contributed by atoms with Gasteiger partial charge in [0, 0.05) is 45.1 Å². The quantitative estimate of drug-likeness (QED) is 0.0500. The van der Waals surface area contributed by atoms with E-state index >= 15 is 0 Å². The van der Waals surface area contributed by atoms with Gasteiger partial charge in [0.2, 0.25) is 23.6 Å². The fourth-order valence-corrected chi connectivity index (χ4v) is 10.6. The Kier molecular flexibility index (Phi) is 25.3. The molecule has 446 valence electrons. The normalized spacial score (nSPS) is 16.6. The van der Waals surface area contributed by atoms with Gasteiger partial charge in [-0.25, -0.2) is 18.0 Å². The first-order valence-corrected chi connectivity index (χ1v) is 28.7. The Labute approximate surface area is 480 Å². The van der Waals surface area contributed by atoms with Crippen molar-refractivity contribution in [1.29, 1.82) is 10.5 Å². The van der Waals surface area contributed by atoms with Gasteiger partial charge in [-0.2, -0.15) is 14.8 Å². The first kappa shape index (κ1) is 64.4. The third kappa shape index (κ3) is 21.5. The molecule has 4 atom stereocenters. The van der Waals surface area contributed by atoms with Gasteiger partial charge < -0.3 is 73.5 Å². The van der Waals surface area contributed by atoms with Gasteiger partial charge in [-0.05, 0) is 84.4 Å². The van der Waals surface area contributed by atoms with Crippen LogP contribution in [0.3, 0.4) is 0 Å².